The van der Waals surface area contributed by atoms with Crippen molar-refractivity contribution in [2.24, 2.45) is 5.92 Å². The van der Waals surface area contributed by atoms with Crippen LogP contribution in [0.4, 0.5) is 5.13 Å². The highest BCUT2D eigenvalue weighted by Gasteiger charge is 2.03. The molecular formula is C8H15N3S2. The number of nitrogens with zero attached hydrogens (tertiary/aromatic N) is 2. The van der Waals surface area contributed by atoms with Gasteiger partial charge in [-0.2, -0.15) is 0 Å². The van der Waals surface area contributed by atoms with Crippen molar-refractivity contribution in [2.45, 2.75) is 24.6 Å². The van der Waals surface area contributed by atoms with E-state index < -0.39 is 0 Å². The molecule has 0 spiro atoms. The summed E-state index contributed by atoms with van der Waals surface area (Å²) in [6.07, 6.45) is 1.24. The molecule has 0 unspecified atom stereocenters. The third kappa shape index (κ3) is 3.95. The third-order valence-corrected chi connectivity index (χ3v) is 3.65. The first-order chi connectivity index (χ1) is 6.22. The van der Waals surface area contributed by atoms with E-state index in [1.54, 1.807) is 23.1 Å². The summed E-state index contributed by atoms with van der Waals surface area (Å²) >= 11 is 3.40. The Morgan fingerprint density at radius 3 is 2.77 bits per heavy atom. The zero-order valence-electron chi connectivity index (χ0n) is 8.20. The molecule has 74 valence electrons. The lowest BCUT2D eigenvalue weighted by atomic mass is 10.2. The first-order valence-corrected chi connectivity index (χ1v) is 6.16. The maximum Gasteiger partial charge on any atom is 0.206 e. The standard InChI is InChI=1S/C8H15N3S2/c1-6(2)4-5-12-8-11-10-7(9-3)13-8/h6H,4-5H2,1-3H3,(H,9,10). The largest absolute Gasteiger partial charge is 0.363 e. The van der Waals surface area contributed by atoms with Crippen LogP contribution in [0.5, 0.6) is 0 Å². The minimum atomic E-state index is 0.768. The molecule has 0 aliphatic rings. The number of anilines is 1. The molecule has 0 amide bonds. The maximum absolute atomic E-state index is 4.05. The average Bonchev–Trinajstić information content (AvgIpc) is 2.52. The van der Waals surface area contributed by atoms with Crippen molar-refractivity contribution in [1.82, 2.24) is 10.2 Å². The minimum Gasteiger partial charge on any atom is -0.363 e. The highest BCUT2D eigenvalue weighted by Crippen LogP contribution is 2.26. The summed E-state index contributed by atoms with van der Waals surface area (Å²) in [7, 11) is 1.86. The van der Waals surface area contributed by atoms with Crippen LogP contribution >= 0.6 is 23.1 Å². The fourth-order valence-corrected chi connectivity index (χ4v) is 2.77. The van der Waals surface area contributed by atoms with Crippen LogP contribution in [-0.4, -0.2) is 23.0 Å². The van der Waals surface area contributed by atoms with E-state index in [1.165, 1.54) is 6.42 Å². The van der Waals surface area contributed by atoms with Crippen LogP contribution in [-0.2, 0) is 0 Å². The molecular weight excluding hydrogens is 202 g/mol. The molecule has 1 aromatic rings. The highest BCUT2D eigenvalue weighted by atomic mass is 32.2. The van der Waals surface area contributed by atoms with Gasteiger partial charge in [-0.25, -0.2) is 0 Å². The van der Waals surface area contributed by atoms with E-state index >= 15 is 0 Å². The Morgan fingerprint density at radius 2 is 2.23 bits per heavy atom. The van der Waals surface area contributed by atoms with Gasteiger partial charge in [0.2, 0.25) is 5.13 Å². The summed E-state index contributed by atoms with van der Waals surface area (Å²) in [6.45, 7) is 4.47. The molecule has 0 fully saturated rings. The number of aromatic nitrogens is 2. The van der Waals surface area contributed by atoms with Gasteiger partial charge in [-0.15, -0.1) is 10.2 Å². The quantitative estimate of drug-likeness (QED) is 0.770. The van der Waals surface area contributed by atoms with Crippen molar-refractivity contribution in [3.63, 3.8) is 0 Å². The molecule has 13 heavy (non-hydrogen) atoms. The topological polar surface area (TPSA) is 37.8 Å². The van der Waals surface area contributed by atoms with Crippen molar-refractivity contribution in [1.29, 1.82) is 0 Å². The fraction of sp³-hybridized carbons (Fsp3) is 0.750. The lowest BCUT2D eigenvalue weighted by Crippen LogP contribution is -1.88. The summed E-state index contributed by atoms with van der Waals surface area (Å²) in [5, 5.41) is 11.9. The van der Waals surface area contributed by atoms with Crippen LogP contribution in [0, 0.1) is 5.92 Å². The second kappa shape index (κ2) is 5.44. The predicted molar refractivity (Wildman–Crippen MR) is 59.6 cm³/mol. The molecule has 1 rings (SSSR count). The van der Waals surface area contributed by atoms with Crippen molar-refractivity contribution in [3.05, 3.63) is 0 Å². The van der Waals surface area contributed by atoms with Gasteiger partial charge in [0, 0.05) is 12.8 Å². The number of rotatable bonds is 5. The van der Waals surface area contributed by atoms with E-state index in [-0.39, 0.29) is 0 Å². The summed E-state index contributed by atoms with van der Waals surface area (Å²) in [6, 6.07) is 0. The van der Waals surface area contributed by atoms with E-state index in [0.29, 0.717) is 0 Å². The van der Waals surface area contributed by atoms with E-state index in [1.807, 2.05) is 7.05 Å². The Bertz CT molecular complexity index is 247. The minimum absolute atomic E-state index is 0.768. The number of hydrogen-bond donors (Lipinski definition) is 1. The maximum atomic E-state index is 4.05. The van der Waals surface area contributed by atoms with E-state index in [0.717, 1.165) is 21.1 Å². The van der Waals surface area contributed by atoms with Crippen LogP contribution in [0.2, 0.25) is 0 Å². The molecule has 0 aliphatic heterocycles. The second-order valence-corrected chi connectivity index (χ2v) is 5.47. The van der Waals surface area contributed by atoms with Gasteiger partial charge in [-0.1, -0.05) is 36.9 Å². The van der Waals surface area contributed by atoms with Crippen LogP contribution in [0.3, 0.4) is 0 Å². The normalized spacial score (nSPS) is 10.8. The SMILES string of the molecule is CNc1nnc(SCCC(C)C)s1. The first kappa shape index (κ1) is 10.8. The van der Waals surface area contributed by atoms with Crippen molar-refractivity contribution in [3.8, 4) is 0 Å². The molecule has 0 bridgehead atoms. The average molecular weight is 217 g/mol. The molecule has 1 N–H and O–H groups in total. The summed E-state index contributed by atoms with van der Waals surface area (Å²) in [4.78, 5) is 0. The molecule has 5 heteroatoms. The Hall–Kier alpha value is -0.290. The predicted octanol–water partition coefficient (Wildman–Crippen LogP) is 2.72. The molecule has 0 saturated heterocycles. The van der Waals surface area contributed by atoms with Crippen LogP contribution in [0.25, 0.3) is 0 Å². The van der Waals surface area contributed by atoms with Gasteiger partial charge < -0.3 is 5.32 Å². The molecule has 1 heterocycles. The highest BCUT2D eigenvalue weighted by molar-refractivity contribution is 8.01. The van der Waals surface area contributed by atoms with Gasteiger partial charge in [-0.3, -0.25) is 0 Å². The first-order valence-electron chi connectivity index (χ1n) is 4.36. The van der Waals surface area contributed by atoms with Gasteiger partial charge in [0.1, 0.15) is 0 Å². The Balaban J connectivity index is 2.28. The van der Waals surface area contributed by atoms with Gasteiger partial charge in [0.15, 0.2) is 4.34 Å². The van der Waals surface area contributed by atoms with E-state index in [9.17, 15) is 0 Å². The summed E-state index contributed by atoms with van der Waals surface area (Å²) in [5.41, 5.74) is 0. The Kier molecular flexibility index (Phi) is 4.52. The van der Waals surface area contributed by atoms with Crippen molar-refractivity contribution < 1.29 is 0 Å². The van der Waals surface area contributed by atoms with Crippen LogP contribution in [0.1, 0.15) is 20.3 Å². The molecule has 0 aromatic carbocycles. The lowest BCUT2D eigenvalue weighted by molar-refractivity contribution is 0.632. The zero-order valence-corrected chi connectivity index (χ0v) is 9.84. The molecule has 0 atom stereocenters. The van der Waals surface area contributed by atoms with Crippen LogP contribution < -0.4 is 5.32 Å². The van der Waals surface area contributed by atoms with Crippen molar-refractivity contribution in [2.75, 3.05) is 18.1 Å². The lowest BCUT2D eigenvalue weighted by Gasteiger charge is -2.00. The van der Waals surface area contributed by atoms with E-state index in [4.69, 9.17) is 0 Å². The summed E-state index contributed by atoms with van der Waals surface area (Å²) < 4.78 is 1.06. The monoisotopic (exact) mass is 217 g/mol. The molecule has 0 saturated carbocycles. The number of hydrogen-bond acceptors (Lipinski definition) is 5. The smallest absolute Gasteiger partial charge is 0.206 e. The van der Waals surface area contributed by atoms with Gasteiger partial charge in [-0.05, 0) is 12.3 Å². The molecule has 0 radical (unpaired) electrons. The fourth-order valence-electron chi connectivity index (χ4n) is 0.751. The number of nitrogens with one attached hydrogen (secondary N) is 1. The van der Waals surface area contributed by atoms with Gasteiger partial charge in [0.25, 0.3) is 0 Å². The molecule has 1 aromatic heterocycles. The summed E-state index contributed by atoms with van der Waals surface area (Å²) in [5.74, 6) is 1.90. The Morgan fingerprint density at radius 1 is 1.46 bits per heavy atom. The zero-order chi connectivity index (χ0) is 9.68. The van der Waals surface area contributed by atoms with Crippen molar-refractivity contribution >= 4 is 28.2 Å². The van der Waals surface area contributed by atoms with Gasteiger partial charge >= 0.3 is 0 Å². The number of thioether (sulfide) groups is 1. The third-order valence-electron chi connectivity index (χ3n) is 1.54. The second-order valence-electron chi connectivity index (χ2n) is 3.15. The van der Waals surface area contributed by atoms with Crippen LogP contribution in [0.15, 0.2) is 4.34 Å². The molecule has 0 aliphatic carbocycles. The molecule has 3 nitrogen and oxygen atoms in total. The van der Waals surface area contributed by atoms with E-state index in [2.05, 4.69) is 29.4 Å². The van der Waals surface area contributed by atoms with Gasteiger partial charge in [0.05, 0.1) is 0 Å². The Labute approximate surface area is 87.3 Å².